The quantitative estimate of drug-likeness (QED) is 0.784. The molecule has 0 aliphatic rings. The second-order valence-electron chi connectivity index (χ2n) is 3.70. The van der Waals surface area contributed by atoms with Crippen molar-refractivity contribution in [2.45, 2.75) is 45.6 Å². The normalized spacial score (nSPS) is 13.1. The Morgan fingerprint density at radius 2 is 2.29 bits per heavy atom. The lowest BCUT2D eigenvalue weighted by atomic mass is 10.1. The van der Waals surface area contributed by atoms with E-state index in [0.717, 1.165) is 12.1 Å². The highest BCUT2D eigenvalue weighted by Gasteiger charge is 2.06. The first-order chi connectivity index (χ1) is 6.76. The zero-order chi connectivity index (χ0) is 10.4. The molecule has 2 nitrogen and oxygen atoms in total. The van der Waals surface area contributed by atoms with Gasteiger partial charge in [0, 0.05) is 23.5 Å². The van der Waals surface area contributed by atoms with E-state index in [4.69, 9.17) is 0 Å². The van der Waals surface area contributed by atoms with Gasteiger partial charge in [0.15, 0.2) is 0 Å². The van der Waals surface area contributed by atoms with Crippen LogP contribution in [0.4, 0.5) is 0 Å². The van der Waals surface area contributed by atoms with Gasteiger partial charge in [-0.2, -0.15) is 0 Å². The van der Waals surface area contributed by atoms with Gasteiger partial charge < -0.3 is 5.32 Å². The molecule has 1 rings (SSSR count). The lowest BCUT2D eigenvalue weighted by Crippen LogP contribution is -2.25. The lowest BCUT2D eigenvalue weighted by molar-refractivity contribution is 0.483. The van der Waals surface area contributed by atoms with E-state index in [1.807, 2.05) is 7.05 Å². The topological polar surface area (TPSA) is 24.9 Å². The van der Waals surface area contributed by atoms with Gasteiger partial charge >= 0.3 is 0 Å². The Morgan fingerprint density at radius 1 is 1.50 bits per heavy atom. The molecule has 0 fully saturated rings. The van der Waals surface area contributed by atoms with E-state index in [1.165, 1.54) is 24.3 Å². The fourth-order valence-electron chi connectivity index (χ4n) is 1.60. The summed E-state index contributed by atoms with van der Waals surface area (Å²) in [6.07, 6.45) is 4.84. The summed E-state index contributed by atoms with van der Waals surface area (Å²) < 4.78 is 0. The van der Waals surface area contributed by atoms with Crippen molar-refractivity contribution < 1.29 is 0 Å². The number of aryl methyl sites for hydroxylation is 2. The number of hydrogen-bond donors (Lipinski definition) is 1. The Labute approximate surface area is 90.8 Å². The second kappa shape index (κ2) is 6.14. The van der Waals surface area contributed by atoms with Crippen molar-refractivity contribution in [3.63, 3.8) is 0 Å². The van der Waals surface area contributed by atoms with Crippen LogP contribution in [0.3, 0.4) is 0 Å². The SMILES string of the molecule is CCCC(CCc1nc(C)cs1)NC. The fourth-order valence-corrected chi connectivity index (χ4v) is 2.39. The van der Waals surface area contributed by atoms with E-state index in [1.54, 1.807) is 11.3 Å². The van der Waals surface area contributed by atoms with E-state index in [0.29, 0.717) is 6.04 Å². The summed E-state index contributed by atoms with van der Waals surface area (Å²) in [6.45, 7) is 4.29. The third-order valence-electron chi connectivity index (χ3n) is 2.42. The zero-order valence-corrected chi connectivity index (χ0v) is 10.2. The van der Waals surface area contributed by atoms with Crippen LogP contribution in [0.2, 0.25) is 0 Å². The molecule has 1 unspecified atom stereocenters. The smallest absolute Gasteiger partial charge is 0.0928 e. The van der Waals surface area contributed by atoms with Gasteiger partial charge in [-0.1, -0.05) is 13.3 Å². The monoisotopic (exact) mass is 212 g/mol. The Kier molecular flexibility index (Phi) is 5.12. The minimum absolute atomic E-state index is 0.657. The van der Waals surface area contributed by atoms with E-state index >= 15 is 0 Å². The highest BCUT2D eigenvalue weighted by atomic mass is 32.1. The molecule has 0 amide bonds. The van der Waals surface area contributed by atoms with Crippen LogP contribution in [-0.4, -0.2) is 18.1 Å². The van der Waals surface area contributed by atoms with Gasteiger partial charge in [-0.25, -0.2) is 4.98 Å². The molecule has 0 spiro atoms. The Bertz CT molecular complexity index is 258. The van der Waals surface area contributed by atoms with Crippen LogP contribution in [0.5, 0.6) is 0 Å². The highest BCUT2D eigenvalue weighted by Crippen LogP contribution is 2.13. The van der Waals surface area contributed by atoms with E-state index in [2.05, 4.69) is 29.5 Å². The summed E-state index contributed by atoms with van der Waals surface area (Å²) in [5.74, 6) is 0. The van der Waals surface area contributed by atoms with Crippen molar-refractivity contribution >= 4 is 11.3 Å². The van der Waals surface area contributed by atoms with Gasteiger partial charge in [0.1, 0.15) is 0 Å². The number of rotatable bonds is 6. The maximum atomic E-state index is 4.47. The molecule has 1 aromatic rings. The molecular weight excluding hydrogens is 192 g/mol. The predicted octanol–water partition coefficient (Wildman–Crippen LogP) is 2.77. The molecule has 3 heteroatoms. The van der Waals surface area contributed by atoms with Crippen LogP contribution in [0.1, 0.15) is 36.9 Å². The molecular formula is C11H20N2S. The van der Waals surface area contributed by atoms with Crippen molar-refractivity contribution in [1.29, 1.82) is 0 Å². The van der Waals surface area contributed by atoms with Gasteiger partial charge in [0.25, 0.3) is 0 Å². The van der Waals surface area contributed by atoms with Gasteiger partial charge in [-0.05, 0) is 26.8 Å². The minimum atomic E-state index is 0.657. The molecule has 0 saturated carbocycles. The van der Waals surface area contributed by atoms with Crippen molar-refractivity contribution in [2.75, 3.05) is 7.05 Å². The molecule has 80 valence electrons. The zero-order valence-electron chi connectivity index (χ0n) is 9.34. The highest BCUT2D eigenvalue weighted by molar-refractivity contribution is 7.09. The molecule has 14 heavy (non-hydrogen) atoms. The van der Waals surface area contributed by atoms with Crippen LogP contribution < -0.4 is 5.32 Å². The predicted molar refractivity (Wildman–Crippen MR) is 62.9 cm³/mol. The first-order valence-electron chi connectivity index (χ1n) is 5.34. The maximum absolute atomic E-state index is 4.47. The van der Waals surface area contributed by atoms with Crippen LogP contribution in [0.25, 0.3) is 0 Å². The molecule has 0 aliphatic carbocycles. The van der Waals surface area contributed by atoms with E-state index in [9.17, 15) is 0 Å². The molecule has 1 aromatic heterocycles. The molecule has 0 aliphatic heterocycles. The van der Waals surface area contributed by atoms with Gasteiger partial charge in [0.2, 0.25) is 0 Å². The molecule has 1 N–H and O–H groups in total. The number of aromatic nitrogens is 1. The van der Waals surface area contributed by atoms with Gasteiger partial charge in [0.05, 0.1) is 5.01 Å². The van der Waals surface area contributed by atoms with Crippen LogP contribution in [-0.2, 0) is 6.42 Å². The van der Waals surface area contributed by atoms with Crippen LogP contribution in [0, 0.1) is 6.92 Å². The average molecular weight is 212 g/mol. The summed E-state index contributed by atoms with van der Waals surface area (Å²) in [6, 6.07) is 0.657. The largest absolute Gasteiger partial charge is 0.317 e. The molecule has 0 aromatic carbocycles. The number of hydrogen-bond acceptors (Lipinski definition) is 3. The molecule has 1 atom stereocenters. The van der Waals surface area contributed by atoms with Crippen molar-refractivity contribution in [3.05, 3.63) is 16.1 Å². The average Bonchev–Trinajstić information content (AvgIpc) is 2.59. The molecule has 0 radical (unpaired) electrons. The van der Waals surface area contributed by atoms with E-state index in [-0.39, 0.29) is 0 Å². The third-order valence-corrected chi connectivity index (χ3v) is 3.45. The van der Waals surface area contributed by atoms with Gasteiger partial charge in [-0.15, -0.1) is 11.3 Å². The number of nitrogens with zero attached hydrogens (tertiary/aromatic N) is 1. The summed E-state index contributed by atoms with van der Waals surface area (Å²) in [7, 11) is 2.05. The minimum Gasteiger partial charge on any atom is -0.317 e. The Hall–Kier alpha value is -0.410. The van der Waals surface area contributed by atoms with E-state index < -0.39 is 0 Å². The fraction of sp³-hybridized carbons (Fsp3) is 0.727. The summed E-state index contributed by atoms with van der Waals surface area (Å²) in [4.78, 5) is 4.47. The molecule has 1 heterocycles. The van der Waals surface area contributed by atoms with Crippen LogP contribution in [0.15, 0.2) is 5.38 Å². The Balaban J connectivity index is 2.31. The first-order valence-corrected chi connectivity index (χ1v) is 6.22. The second-order valence-corrected chi connectivity index (χ2v) is 4.64. The number of nitrogens with one attached hydrogen (secondary N) is 1. The third kappa shape index (κ3) is 3.76. The lowest BCUT2D eigenvalue weighted by Gasteiger charge is -2.13. The van der Waals surface area contributed by atoms with Crippen molar-refractivity contribution in [2.24, 2.45) is 0 Å². The standard InChI is InChI=1S/C11H20N2S/c1-4-5-10(12-3)6-7-11-13-9(2)8-14-11/h8,10,12H,4-7H2,1-3H3. The maximum Gasteiger partial charge on any atom is 0.0928 e. The first kappa shape index (κ1) is 11.7. The summed E-state index contributed by atoms with van der Waals surface area (Å²) in [5.41, 5.74) is 1.15. The molecule has 0 saturated heterocycles. The summed E-state index contributed by atoms with van der Waals surface area (Å²) in [5, 5.41) is 6.76. The number of thiazole rings is 1. The van der Waals surface area contributed by atoms with Crippen molar-refractivity contribution in [3.8, 4) is 0 Å². The molecule has 0 bridgehead atoms. The van der Waals surface area contributed by atoms with Crippen molar-refractivity contribution in [1.82, 2.24) is 10.3 Å². The summed E-state index contributed by atoms with van der Waals surface area (Å²) >= 11 is 1.78. The van der Waals surface area contributed by atoms with Gasteiger partial charge in [-0.3, -0.25) is 0 Å². The Morgan fingerprint density at radius 3 is 2.79 bits per heavy atom. The van der Waals surface area contributed by atoms with Crippen LogP contribution >= 0.6 is 11.3 Å².